The first-order chi connectivity index (χ1) is 12.4. The van der Waals surface area contributed by atoms with Crippen LogP contribution in [-0.4, -0.2) is 24.5 Å². The molecule has 1 N–H and O–H groups in total. The van der Waals surface area contributed by atoms with Gasteiger partial charge in [-0.05, 0) is 50.2 Å². The number of carbonyl (C=O) groups excluding carboxylic acids is 2. The summed E-state index contributed by atoms with van der Waals surface area (Å²) in [6.07, 6.45) is 0.0687. The van der Waals surface area contributed by atoms with Crippen LogP contribution in [0.4, 0.5) is 15.8 Å². The maximum Gasteiger partial charge on any atom is 0.226 e. The number of para-hydroxylation sites is 2. The van der Waals surface area contributed by atoms with E-state index in [1.807, 2.05) is 26.0 Å². The van der Waals surface area contributed by atoms with Crippen molar-refractivity contribution >= 4 is 23.2 Å². The van der Waals surface area contributed by atoms with Gasteiger partial charge in [-0.1, -0.05) is 12.1 Å². The number of ether oxygens (including phenoxy) is 1. The number of nitrogens with zero attached hydrogens (tertiary/aromatic N) is 1. The monoisotopic (exact) mass is 358 g/mol. The van der Waals surface area contributed by atoms with E-state index in [0.717, 1.165) is 0 Å². The zero-order valence-electron chi connectivity index (χ0n) is 15.2. The first kappa shape index (κ1) is 19.4. The van der Waals surface area contributed by atoms with Gasteiger partial charge >= 0.3 is 0 Å². The first-order valence-electron chi connectivity index (χ1n) is 8.46. The molecule has 0 unspecified atom stereocenters. The van der Waals surface area contributed by atoms with Crippen LogP contribution in [0.15, 0.2) is 48.5 Å². The van der Waals surface area contributed by atoms with E-state index in [1.165, 1.54) is 36.1 Å². The molecule has 2 aromatic rings. The van der Waals surface area contributed by atoms with E-state index >= 15 is 0 Å². The zero-order valence-corrected chi connectivity index (χ0v) is 15.2. The SMILES string of the molecule is CC(=O)N(CCC(=O)Nc1ccc(F)cc1)c1ccccc1OC(C)C. The molecule has 2 aromatic carbocycles. The minimum Gasteiger partial charge on any atom is -0.489 e. The molecule has 138 valence electrons. The molecule has 0 aromatic heterocycles. The number of anilines is 2. The van der Waals surface area contributed by atoms with Crippen molar-refractivity contribution in [3.63, 3.8) is 0 Å². The van der Waals surface area contributed by atoms with Gasteiger partial charge in [0.05, 0.1) is 11.8 Å². The molecule has 5 nitrogen and oxygen atoms in total. The number of hydrogen-bond acceptors (Lipinski definition) is 3. The van der Waals surface area contributed by atoms with Crippen LogP contribution in [-0.2, 0) is 9.59 Å². The van der Waals surface area contributed by atoms with Crippen molar-refractivity contribution in [2.45, 2.75) is 33.3 Å². The predicted molar refractivity (Wildman–Crippen MR) is 99.9 cm³/mol. The summed E-state index contributed by atoms with van der Waals surface area (Å²) in [6, 6.07) is 12.8. The van der Waals surface area contributed by atoms with Crippen molar-refractivity contribution in [1.82, 2.24) is 0 Å². The molecule has 0 atom stereocenters. The van der Waals surface area contributed by atoms with Gasteiger partial charge in [-0.2, -0.15) is 0 Å². The quantitative estimate of drug-likeness (QED) is 0.814. The largest absolute Gasteiger partial charge is 0.489 e. The fourth-order valence-electron chi connectivity index (χ4n) is 2.45. The fraction of sp³-hybridized carbons (Fsp3) is 0.300. The maximum atomic E-state index is 12.9. The summed E-state index contributed by atoms with van der Waals surface area (Å²) in [5.74, 6) is -0.214. The molecule has 26 heavy (non-hydrogen) atoms. The van der Waals surface area contributed by atoms with Crippen molar-refractivity contribution in [2.75, 3.05) is 16.8 Å². The van der Waals surface area contributed by atoms with E-state index in [2.05, 4.69) is 5.32 Å². The van der Waals surface area contributed by atoms with Gasteiger partial charge in [-0.15, -0.1) is 0 Å². The third-order valence-corrected chi connectivity index (χ3v) is 3.59. The Kier molecular flexibility index (Phi) is 6.72. The molecule has 0 aliphatic heterocycles. The Morgan fingerprint density at radius 2 is 1.77 bits per heavy atom. The second-order valence-corrected chi connectivity index (χ2v) is 6.11. The van der Waals surface area contributed by atoms with E-state index in [-0.39, 0.29) is 36.7 Å². The molecule has 0 fully saturated rings. The van der Waals surface area contributed by atoms with Gasteiger partial charge in [0, 0.05) is 25.6 Å². The Morgan fingerprint density at radius 1 is 1.12 bits per heavy atom. The van der Waals surface area contributed by atoms with E-state index in [9.17, 15) is 14.0 Å². The Labute approximate surface area is 152 Å². The average molecular weight is 358 g/mol. The van der Waals surface area contributed by atoms with E-state index in [4.69, 9.17) is 4.74 Å². The van der Waals surface area contributed by atoms with Crippen molar-refractivity contribution in [2.24, 2.45) is 0 Å². The maximum absolute atomic E-state index is 12.9. The van der Waals surface area contributed by atoms with Gasteiger partial charge < -0.3 is 15.0 Å². The molecule has 0 heterocycles. The molecule has 0 saturated carbocycles. The number of halogens is 1. The van der Waals surface area contributed by atoms with Crippen molar-refractivity contribution in [3.8, 4) is 5.75 Å². The number of rotatable bonds is 7. The summed E-state index contributed by atoms with van der Waals surface area (Å²) in [5.41, 5.74) is 1.14. The van der Waals surface area contributed by atoms with E-state index in [1.54, 1.807) is 12.1 Å². The highest BCUT2D eigenvalue weighted by molar-refractivity contribution is 5.95. The highest BCUT2D eigenvalue weighted by Crippen LogP contribution is 2.29. The Balaban J connectivity index is 2.06. The Bertz CT molecular complexity index is 760. The van der Waals surface area contributed by atoms with Crippen LogP contribution in [0.25, 0.3) is 0 Å². The molecular formula is C20H23FN2O3. The molecule has 0 radical (unpaired) electrons. The molecular weight excluding hydrogens is 335 g/mol. The second kappa shape index (κ2) is 8.99. The van der Waals surface area contributed by atoms with Crippen LogP contribution >= 0.6 is 0 Å². The van der Waals surface area contributed by atoms with E-state index in [0.29, 0.717) is 17.1 Å². The normalized spacial score (nSPS) is 10.5. The minimum absolute atomic E-state index is 0.0354. The Hall–Kier alpha value is -2.89. The lowest BCUT2D eigenvalue weighted by molar-refractivity contribution is -0.117. The Morgan fingerprint density at radius 3 is 2.38 bits per heavy atom. The number of amides is 2. The fourth-order valence-corrected chi connectivity index (χ4v) is 2.45. The molecule has 0 bridgehead atoms. The number of nitrogens with one attached hydrogen (secondary N) is 1. The van der Waals surface area contributed by atoms with Gasteiger partial charge in [0.15, 0.2) is 0 Å². The van der Waals surface area contributed by atoms with Crippen molar-refractivity contribution in [1.29, 1.82) is 0 Å². The first-order valence-corrected chi connectivity index (χ1v) is 8.46. The summed E-state index contributed by atoms with van der Waals surface area (Å²) in [5, 5.41) is 2.69. The highest BCUT2D eigenvalue weighted by atomic mass is 19.1. The lowest BCUT2D eigenvalue weighted by atomic mass is 10.2. The summed E-state index contributed by atoms with van der Waals surface area (Å²) in [7, 11) is 0. The van der Waals surface area contributed by atoms with Gasteiger partial charge in [0.25, 0.3) is 0 Å². The number of hydrogen-bond donors (Lipinski definition) is 1. The molecule has 2 amide bonds. The van der Waals surface area contributed by atoms with Gasteiger partial charge in [-0.3, -0.25) is 9.59 Å². The van der Waals surface area contributed by atoms with Crippen molar-refractivity contribution < 1.29 is 18.7 Å². The van der Waals surface area contributed by atoms with E-state index < -0.39 is 0 Å². The molecule has 2 rings (SSSR count). The van der Waals surface area contributed by atoms with Crippen LogP contribution in [0.5, 0.6) is 5.75 Å². The second-order valence-electron chi connectivity index (χ2n) is 6.11. The number of benzene rings is 2. The lowest BCUT2D eigenvalue weighted by Gasteiger charge is -2.24. The minimum atomic E-state index is -0.368. The van der Waals surface area contributed by atoms with Crippen LogP contribution in [0.3, 0.4) is 0 Å². The standard InChI is InChI=1S/C20H23FN2O3/c1-14(2)26-19-7-5-4-6-18(19)23(15(3)24)13-12-20(25)22-17-10-8-16(21)9-11-17/h4-11,14H,12-13H2,1-3H3,(H,22,25). The molecule has 0 spiro atoms. The topological polar surface area (TPSA) is 58.6 Å². The number of carbonyl (C=O) groups is 2. The highest BCUT2D eigenvalue weighted by Gasteiger charge is 2.18. The predicted octanol–water partition coefficient (Wildman–Crippen LogP) is 3.99. The van der Waals surface area contributed by atoms with Gasteiger partial charge in [0.2, 0.25) is 11.8 Å². The summed E-state index contributed by atoms with van der Waals surface area (Å²) in [6.45, 7) is 5.47. The molecule has 0 aliphatic carbocycles. The van der Waals surface area contributed by atoms with Gasteiger partial charge in [-0.25, -0.2) is 4.39 Å². The third kappa shape index (κ3) is 5.58. The average Bonchev–Trinajstić information content (AvgIpc) is 2.58. The molecule has 0 saturated heterocycles. The van der Waals surface area contributed by atoms with Gasteiger partial charge in [0.1, 0.15) is 11.6 Å². The van der Waals surface area contributed by atoms with Crippen LogP contribution in [0.1, 0.15) is 27.2 Å². The molecule has 6 heteroatoms. The third-order valence-electron chi connectivity index (χ3n) is 3.59. The zero-order chi connectivity index (χ0) is 19.1. The smallest absolute Gasteiger partial charge is 0.226 e. The summed E-state index contributed by atoms with van der Waals surface area (Å²) < 4.78 is 18.7. The lowest BCUT2D eigenvalue weighted by Crippen LogP contribution is -2.32. The summed E-state index contributed by atoms with van der Waals surface area (Å²) >= 11 is 0. The van der Waals surface area contributed by atoms with Crippen LogP contribution in [0, 0.1) is 5.82 Å². The van der Waals surface area contributed by atoms with Crippen LogP contribution in [0.2, 0.25) is 0 Å². The van der Waals surface area contributed by atoms with Crippen molar-refractivity contribution in [3.05, 3.63) is 54.3 Å². The van der Waals surface area contributed by atoms with Crippen LogP contribution < -0.4 is 15.0 Å². The summed E-state index contributed by atoms with van der Waals surface area (Å²) in [4.78, 5) is 25.7. The molecule has 0 aliphatic rings.